The Balaban J connectivity index is 2.70. The predicted octanol–water partition coefficient (Wildman–Crippen LogP) is 1.52. The molecule has 0 amide bonds. The molecule has 0 saturated heterocycles. The average Bonchev–Trinajstić information content (AvgIpc) is 2.32. The quantitative estimate of drug-likeness (QED) is 0.762. The Kier molecular flexibility index (Phi) is 5.49. The maximum Gasteiger partial charge on any atom is 0.347 e. The largest absolute Gasteiger partial charge is 0.479 e. The van der Waals surface area contributed by atoms with E-state index in [0.29, 0.717) is 18.9 Å². The fourth-order valence-corrected chi connectivity index (χ4v) is 1.48. The molecule has 1 unspecified atom stereocenters. The first-order valence-corrected chi connectivity index (χ1v) is 5.80. The third kappa shape index (κ3) is 4.07. The minimum Gasteiger partial charge on any atom is -0.479 e. The summed E-state index contributed by atoms with van der Waals surface area (Å²) in [6.07, 6.45) is 0.125. The van der Waals surface area contributed by atoms with Gasteiger partial charge in [-0.1, -0.05) is 18.2 Å². The van der Waals surface area contributed by atoms with Crippen LogP contribution in [-0.2, 0) is 16.0 Å². The van der Waals surface area contributed by atoms with Crippen LogP contribution in [0.1, 0.15) is 19.4 Å². The monoisotopic (exact) mass is 237 g/mol. The van der Waals surface area contributed by atoms with Crippen LogP contribution < -0.4 is 10.5 Å². The molecule has 0 fully saturated rings. The molecule has 1 rings (SSSR count). The molecule has 0 aliphatic carbocycles. The minimum absolute atomic E-state index is 0.352. The lowest BCUT2D eigenvalue weighted by atomic mass is 10.1. The second-order valence-electron chi connectivity index (χ2n) is 3.66. The number of hydrogen-bond acceptors (Lipinski definition) is 4. The van der Waals surface area contributed by atoms with Crippen LogP contribution in [0, 0.1) is 0 Å². The molecular weight excluding hydrogens is 218 g/mol. The molecule has 1 aromatic carbocycles. The van der Waals surface area contributed by atoms with Crippen molar-refractivity contribution in [3.05, 3.63) is 29.8 Å². The SMILES string of the molecule is CCOC(=O)C(C)Oc1ccccc1CCN. The van der Waals surface area contributed by atoms with Crippen LogP contribution in [0.25, 0.3) is 0 Å². The molecule has 0 bridgehead atoms. The van der Waals surface area contributed by atoms with Gasteiger partial charge in [0, 0.05) is 0 Å². The Labute approximate surface area is 102 Å². The number of ether oxygens (including phenoxy) is 2. The molecule has 1 aromatic rings. The summed E-state index contributed by atoms with van der Waals surface area (Å²) >= 11 is 0. The van der Waals surface area contributed by atoms with Gasteiger partial charge >= 0.3 is 5.97 Å². The minimum atomic E-state index is -0.603. The van der Waals surface area contributed by atoms with Crippen molar-refractivity contribution in [3.8, 4) is 5.75 Å². The first-order valence-electron chi connectivity index (χ1n) is 5.80. The molecule has 0 heterocycles. The van der Waals surface area contributed by atoms with Gasteiger partial charge in [-0.3, -0.25) is 0 Å². The number of para-hydroxylation sites is 1. The molecule has 0 spiro atoms. The lowest BCUT2D eigenvalue weighted by Crippen LogP contribution is -2.26. The van der Waals surface area contributed by atoms with Gasteiger partial charge < -0.3 is 15.2 Å². The van der Waals surface area contributed by atoms with E-state index in [1.807, 2.05) is 24.3 Å². The Bertz CT molecular complexity index is 365. The van der Waals surface area contributed by atoms with Gasteiger partial charge in [0.15, 0.2) is 6.10 Å². The molecule has 0 aliphatic heterocycles. The van der Waals surface area contributed by atoms with Crippen LogP contribution in [0.15, 0.2) is 24.3 Å². The van der Waals surface area contributed by atoms with Gasteiger partial charge in [0.05, 0.1) is 6.61 Å². The van der Waals surface area contributed by atoms with Gasteiger partial charge in [-0.15, -0.1) is 0 Å². The molecule has 4 nitrogen and oxygen atoms in total. The third-order valence-corrected chi connectivity index (χ3v) is 2.31. The van der Waals surface area contributed by atoms with Crippen molar-refractivity contribution in [3.63, 3.8) is 0 Å². The molecular formula is C13H19NO3. The maximum absolute atomic E-state index is 11.4. The Morgan fingerprint density at radius 2 is 2.12 bits per heavy atom. The van der Waals surface area contributed by atoms with Gasteiger partial charge in [-0.2, -0.15) is 0 Å². The first-order chi connectivity index (χ1) is 8.19. The van der Waals surface area contributed by atoms with Crippen LogP contribution in [0.3, 0.4) is 0 Å². The molecule has 0 aliphatic rings. The van der Waals surface area contributed by atoms with Crippen LogP contribution in [0.5, 0.6) is 5.75 Å². The molecule has 0 aromatic heterocycles. The topological polar surface area (TPSA) is 61.5 Å². The summed E-state index contributed by atoms with van der Waals surface area (Å²) in [5, 5.41) is 0. The fourth-order valence-electron chi connectivity index (χ4n) is 1.48. The van der Waals surface area contributed by atoms with E-state index in [-0.39, 0.29) is 5.97 Å². The summed E-state index contributed by atoms with van der Waals surface area (Å²) in [6.45, 7) is 4.36. The van der Waals surface area contributed by atoms with E-state index >= 15 is 0 Å². The summed E-state index contributed by atoms with van der Waals surface area (Å²) in [5.41, 5.74) is 6.53. The number of benzene rings is 1. The van der Waals surface area contributed by atoms with Crippen molar-refractivity contribution in [1.82, 2.24) is 0 Å². The number of hydrogen-bond donors (Lipinski definition) is 1. The highest BCUT2D eigenvalue weighted by Crippen LogP contribution is 2.19. The normalized spacial score (nSPS) is 11.9. The summed E-state index contributed by atoms with van der Waals surface area (Å²) in [6, 6.07) is 7.57. The van der Waals surface area contributed by atoms with Crippen LogP contribution >= 0.6 is 0 Å². The van der Waals surface area contributed by atoms with Crippen molar-refractivity contribution in [2.45, 2.75) is 26.4 Å². The lowest BCUT2D eigenvalue weighted by Gasteiger charge is -2.15. The third-order valence-electron chi connectivity index (χ3n) is 2.31. The van der Waals surface area contributed by atoms with Gasteiger partial charge in [-0.05, 0) is 38.4 Å². The summed E-state index contributed by atoms with van der Waals surface area (Å²) in [4.78, 5) is 11.4. The second-order valence-corrected chi connectivity index (χ2v) is 3.66. The van der Waals surface area contributed by atoms with Gasteiger partial charge in [0.25, 0.3) is 0 Å². The number of nitrogens with two attached hydrogens (primary N) is 1. The van der Waals surface area contributed by atoms with Crippen LogP contribution in [0.2, 0.25) is 0 Å². The number of carbonyl (C=O) groups is 1. The highest BCUT2D eigenvalue weighted by molar-refractivity contribution is 5.74. The number of esters is 1. The smallest absolute Gasteiger partial charge is 0.347 e. The Morgan fingerprint density at radius 1 is 1.41 bits per heavy atom. The highest BCUT2D eigenvalue weighted by Gasteiger charge is 2.16. The second kappa shape index (κ2) is 6.91. The van der Waals surface area contributed by atoms with E-state index in [1.165, 1.54) is 0 Å². The zero-order chi connectivity index (χ0) is 12.7. The lowest BCUT2D eigenvalue weighted by molar-refractivity contribution is -0.150. The summed E-state index contributed by atoms with van der Waals surface area (Å²) < 4.78 is 10.5. The number of carbonyl (C=O) groups excluding carboxylic acids is 1. The van der Waals surface area contributed by atoms with E-state index in [1.54, 1.807) is 13.8 Å². The van der Waals surface area contributed by atoms with E-state index in [2.05, 4.69) is 0 Å². The van der Waals surface area contributed by atoms with Crippen LogP contribution in [0.4, 0.5) is 0 Å². The van der Waals surface area contributed by atoms with Crippen LogP contribution in [-0.4, -0.2) is 25.2 Å². The Hall–Kier alpha value is -1.55. The number of rotatable bonds is 6. The molecule has 0 saturated carbocycles. The average molecular weight is 237 g/mol. The molecule has 1 atom stereocenters. The van der Waals surface area contributed by atoms with E-state index in [9.17, 15) is 4.79 Å². The van der Waals surface area contributed by atoms with Crippen molar-refractivity contribution in [1.29, 1.82) is 0 Å². The first kappa shape index (κ1) is 13.5. The molecule has 4 heteroatoms. The van der Waals surface area contributed by atoms with Crippen molar-refractivity contribution in [2.24, 2.45) is 5.73 Å². The predicted molar refractivity (Wildman–Crippen MR) is 65.9 cm³/mol. The van der Waals surface area contributed by atoms with Gasteiger partial charge in [-0.25, -0.2) is 4.79 Å². The van der Waals surface area contributed by atoms with E-state index in [4.69, 9.17) is 15.2 Å². The summed E-state index contributed by atoms with van der Waals surface area (Å²) in [5.74, 6) is 0.341. The standard InChI is InChI=1S/C13H19NO3/c1-3-16-13(15)10(2)17-12-7-5-4-6-11(12)8-9-14/h4-7,10H,3,8-9,14H2,1-2H3. The molecule has 2 N–H and O–H groups in total. The molecule has 0 radical (unpaired) electrons. The zero-order valence-electron chi connectivity index (χ0n) is 10.3. The highest BCUT2D eigenvalue weighted by atomic mass is 16.6. The summed E-state index contributed by atoms with van der Waals surface area (Å²) in [7, 11) is 0. The van der Waals surface area contributed by atoms with E-state index < -0.39 is 6.10 Å². The van der Waals surface area contributed by atoms with Crippen molar-refractivity contribution < 1.29 is 14.3 Å². The fraction of sp³-hybridized carbons (Fsp3) is 0.462. The Morgan fingerprint density at radius 3 is 2.76 bits per heavy atom. The van der Waals surface area contributed by atoms with Crippen molar-refractivity contribution in [2.75, 3.05) is 13.2 Å². The maximum atomic E-state index is 11.4. The van der Waals surface area contributed by atoms with Crippen molar-refractivity contribution >= 4 is 5.97 Å². The van der Waals surface area contributed by atoms with E-state index in [0.717, 1.165) is 12.0 Å². The zero-order valence-corrected chi connectivity index (χ0v) is 10.3. The molecule has 17 heavy (non-hydrogen) atoms. The van der Waals surface area contributed by atoms with Gasteiger partial charge in [0.1, 0.15) is 5.75 Å². The molecule has 94 valence electrons. The van der Waals surface area contributed by atoms with Gasteiger partial charge in [0.2, 0.25) is 0 Å².